The molecule has 9 heteroatoms. The van der Waals surface area contributed by atoms with E-state index in [1.54, 1.807) is 27.3 Å². The molecule has 1 aromatic rings. The second-order valence-corrected chi connectivity index (χ2v) is 11.3. The van der Waals surface area contributed by atoms with E-state index >= 15 is 0 Å². The Morgan fingerprint density at radius 1 is 1.29 bits per heavy atom. The number of benzene rings is 1. The molecule has 2 heterocycles. The summed E-state index contributed by atoms with van der Waals surface area (Å²) in [5, 5.41) is 20.9. The van der Waals surface area contributed by atoms with Gasteiger partial charge in [0.05, 0.1) is 39.3 Å². The van der Waals surface area contributed by atoms with Crippen molar-refractivity contribution in [3.63, 3.8) is 0 Å². The second kappa shape index (κ2) is 11.5. The van der Waals surface area contributed by atoms with Crippen molar-refractivity contribution in [1.82, 2.24) is 0 Å². The molecule has 0 amide bonds. The van der Waals surface area contributed by atoms with Crippen LogP contribution in [0, 0.1) is 11.1 Å². The Morgan fingerprint density at radius 2 is 2.00 bits per heavy atom. The molecule has 0 aromatic heterocycles. The minimum absolute atomic E-state index is 0.000106. The number of hydroxylamine groups is 3. The van der Waals surface area contributed by atoms with E-state index in [9.17, 15) is 15.1 Å². The van der Waals surface area contributed by atoms with Crippen molar-refractivity contribution in [3.05, 3.63) is 52.8 Å². The summed E-state index contributed by atoms with van der Waals surface area (Å²) in [6.45, 7) is 5.35. The molecule has 0 bridgehead atoms. The highest BCUT2D eigenvalue weighted by atomic mass is 16.6. The van der Waals surface area contributed by atoms with Gasteiger partial charge in [-0.15, -0.1) is 0 Å². The maximum absolute atomic E-state index is 12.8. The maximum atomic E-state index is 12.8. The third-order valence-electron chi connectivity index (χ3n) is 7.88. The molecule has 1 spiro atoms. The molecule has 1 N–H and O–H groups in total. The molecular formula is C29H41NO8. The predicted molar refractivity (Wildman–Crippen MR) is 142 cm³/mol. The van der Waals surface area contributed by atoms with Crippen LogP contribution in [0.25, 0.3) is 6.08 Å². The number of ether oxygens (including phenoxy) is 5. The average molecular weight is 532 g/mol. The summed E-state index contributed by atoms with van der Waals surface area (Å²) in [5.41, 5.74) is 0.995. The Labute approximate surface area is 225 Å². The van der Waals surface area contributed by atoms with Crippen LogP contribution in [0.15, 0.2) is 42.0 Å². The molecule has 1 aliphatic carbocycles. The summed E-state index contributed by atoms with van der Waals surface area (Å²) in [7, 11) is 4.80. The van der Waals surface area contributed by atoms with Crippen LogP contribution in [0.5, 0.6) is 5.75 Å². The van der Waals surface area contributed by atoms with E-state index in [0.717, 1.165) is 17.6 Å². The first-order valence-electron chi connectivity index (χ1n) is 13.3. The van der Waals surface area contributed by atoms with Crippen molar-refractivity contribution in [2.75, 3.05) is 47.6 Å². The smallest absolute Gasteiger partial charge is 0.331 e. The average Bonchev–Trinajstić information content (AvgIpc) is 3.79. The van der Waals surface area contributed by atoms with Gasteiger partial charge < -0.3 is 38.6 Å². The van der Waals surface area contributed by atoms with E-state index in [1.807, 2.05) is 37.3 Å². The normalized spacial score (nSPS) is 33.0. The van der Waals surface area contributed by atoms with Crippen molar-refractivity contribution in [1.29, 1.82) is 0 Å². The van der Waals surface area contributed by atoms with Gasteiger partial charge in [-0.25, -0.2) is 4.79 Å². The van der Waals surface area contributed by atoms with Crippen molar-refractivity contribution in [3.8, 4) is 5.75 Å². The first-order valence-corrected chi connectivity index (χ1v) is 13.3. The zero-order valence-electron chi connectivity index (χ0n) is 23.1. The van der Waals surface area contributed by atoms with Crippen LogP contribution in [0.1, 0.15) is 38.7 Å². The molecule has 2 unspecified atom stereocenters. The van der Waals surface area contributed by atoms with Crippen LogP contribution in [0.3, 0.4) is 0 Å². The molecule has 3 fully saturated rings. The molecule has 2 aliphatic heterocycles. The van der Waals surface area contributed by atoms with Crippen molar-refractivity contribution < 1.29 is 38.2 Å². The summed E-state index contributed by atoms with van der Waals surface area (Å²) in [4.78, 5) is 12.8. The number of hydrogen-bond donors (Lipinski definition) is 1. The minimum atomic E-state index is -0.448. The quantitative estimate of drug-likeness (QED) is 0.109. The highest BCUT2D eigenvalue weighted by Gasteiger charge is 2.72. The molecule has 38 heavy (non-hydrogen) atoms. The Hall–Kier alpha value is -2.27. The summed E-state index contributed by atoms with van der Waals surface area (Å²) >= 11 is 0. The fourth-order valence-corrected chi connectivity index (χ4v) is 5.51. The Morgan fingerprint density at radius 3 is 2.61 bits per heavy atom. The fourth-order valence-electron chi connectivity index (χ4n) is 5.51. The molecular weight excluding hydrogens is 490 g/mol. The summed E-state index contributed by atoms with van der Waals surface area (Å²) in [6, 6.07) is 7.30. The lowest BCUT2D eigenvalue weighted by Crippen LogP contribution is -2.55. The first-order chi connectivity index (χ1) is 18.0. The van der Waals surface area contributed by atoms with Gasteiger partial charge in [-0.2, -0.15) is 0 Å². The molecule has 1 aromatic carbocycles. The van der Waals surface area contributed by atoms with E-state index in [-0.39, 0.29) is 30.3 Å². The zero-order valence-corrected chi connectivity index (χ0v) is 23.1. The number of hydrogen-bond acceptors (Lipinski definition) is 8. The Balaban J connectivity index is 1.35. The SMILES string of the molecule is CO[C@H]1[C@H](C2(C)OC2C/C=C(\C)CO)[C@]2(CC[C@H]1OC(=O)/C=C/c1ccc(OCC[N+](C)(C)[O-])cc1)CO2. The molecule has 6 atom stereocenters. The second-order valence-electron chi connectivity index (χ2n) is 11.3. The largest absolute Gasteiger partial charge is 0.633 e. The van der Waals surface area contributed by atoms with E-state index < -0.39 is 22.3 Å². The number of aliphatic hydroxyl groups is 1. The van der Waals surface area contributed by atoms with Crippen LogP contribution in [0.2, 0.25) is 0 Å². The number of epoxide rings is 2. The van der Waals surface area contributed by atoms with Gasteiger partial charge in [-0.05, 0) is 56.9 Å². The highest BCUT2D eigenvalue weighted by molar-refractivity contribution is 5.87. The van der Waals surface area contributed by atoms with Gasteiger partial charge in [0.25, 0.3) is 0 Å². The number of esters is 1. The monoisotopic (exact) mass is 531 g/mol. The number of nitrogens with zero attached hydrogens (tertiary/aromatic N) is 1. The number of likely N-dealkylation sites (N-methyl/N-ethyl adjacent to an activating group) is 1. The molecule has 9 nitrogen and oxygen atoms in total. The van der Waals surface area contributed by atoms with Gasteiger partial charge >= 0.3 is 5.97 Å². The maximum Gasteiger partial charge on any atom is 0.331 e. The van der Waals surface area contributed by atoms with Crippen LogP contribution in [0.4, 0.5) is 0 Å². The predicted octanol–water partition coefficient (Wildman–Crippen LogP) is 3.24. The van der Waals surface area contributed by atoms with E-state index in [0.29, 0.717) is 38.3 Å². The summed E-state index contributed by atoms with van der Waals surface area (Å²) in [6.07, 6.45) is 6.52. The number of carbonyl (C=O) groups is 1. The van der Waals surface area contributed by atoms with Crippen LogP contribution in [-0.2, 0) is 23.7 Å². The van der Waals surface area contributed by atoms with Gasteiger partial charge in [0.2, 0.25) is 0 Å². The van der Waals surface area contributed by atoms with Crippen molar-refractivity contribution in [2.45, 2.75) is 62.6 Å². The van der Waals surface area contributed by atoms with Gasteiger partial charge in [0, 0.05) is 13.2 Å². The van der Waals surface area contributed by atoms with E-state index in [4.69, 9.17) is 23.7 Å². The number of aliphatic hydroxyl groups excluding tert-OH is 1. The van der Waals surface area contributed by atoms with E-state index in [2.05, 4.69) is 6.92 Å². The lowest BCUT2D eigenvalue weighted by Gasteiger charge is -2.42. The molecule has 3 aliphatic rings. The van der Waals surface area contributed by atoms with Crippen molar-refractivity contribution in [2.24, 2.45) is 5.92 Å². The number of carbonyl (C=O) groups excluding carboxylic acids is 1. The molecule has 1 saturated carbocycles. The van der Waals surface area contributed by atoms with Gasteiger partial charge in [-0.3, -0.25) is 0 Å². The first kappa shape index (κ1) is 28.7. The summed E-state index contributed by atoms with van der Waals surface area (Å²) < 4.78 is 29.2. The van der Waals surface area contributed by atoms with Gasteiger partial charge in [0.1, 0.15) is 42.3 Å². The van der Waals surface area contributed by atoms with Crippen LogP contribution in [-0.4, -0.2) is 92.8 Å². The van der Waals surface area contributed by atoms with E-state index in [1.165, 1.54) is 6.08 Å². The van der Waals surface area contributed by atoms with Gasteiger partial charge in [0.15, 0.2) is 0 Å². The standard InChI is InChI=1S/C29H41NO8/c1-20(18-31)6-12-24-28(2,38-24)27-26(34-5)23(14-15-29(27)19-36-29)37-25(32)13-9-21-7-10-22(11-8-21)35-17-16-30(3,4)33/h6-11,13,23-24,26-27,31H,12,14-19H2,1-5H3/b13-9+,20-6+/t23-,24?,26-,27-,28?,29+/m1/s1. The molecule has 0 radical (unpaired) electrons. The lowest BCUT2D eigenvalue weighted by molar-refractivity contribution is -0.840. The Bertz CT molecular complexity index is 1030. The number of methoxy groups -OCH3 is 1. The topological polar surface area (TPSA) is 113 Å². The third kappa shape index (κ3) is 6.83. The number of rotatable bonds is 12. The zero-order chi connectivity index (χ0) is 27.6. The summed E-state index contributed by atoms with van der Waals surface area (Å²) in [5.74, 6) is 0.169. The van der Waals surface area contributed by atoms with Crippen LogP contribution >= 0.6 is 0 Å². The van der Waals surface area contributed by atoms with Gasteiger partial charge in [-0.1, -0.05) is 23.8 Å². The van der Waals surface area contributed by atoms with Crippen molar-refractivity contribution >= 4 is 12.0 Å². The fraction of sp³-hybridized carbons (Fsp3) is 0.621. The molecule has 210 valence electrons. The third-order valence-corrected chi connectivity index (χ3v) is 7.88. The number of quaternary nitrogens is 1. The highest BCUT2D eigenvalue weighted by Crippen LogP contribution is 2.59. The Kier molecular flexibility index (Phi) is 8.66. The molecule has 2 saturated heterocycles. The lowest BCUT2D eigenvalue weighted by atomic mass is 9.68. The minimum Gasteiger partial charge on any atom is -0.633 e. The molecule has 4 rings (SSSR count). The van der Waals surface area contributed by atoms with Crippen LogP contribution < -0.4 is 4.74 Å².